The van der Waals surface area contributed by atoms with Gasteiger partial charge in [-0.15, -0.1) is 0 Å². The summed E-state index contributed by atoms with van der Waals surface area (Å²) in [6.45, 7) is 6.09. The SMILES string of the molecule is CC1CCCN(C(=O)NCC(C)CC(=O)O)CC1. The second-order valence-electron chi connectivity index (χ2n) is 5.41. The summed E-state index contributed by atoms with van der Waals surface area (Å²) in [6.07, 6.45) is 3.38. The molecule has 1 saturated heterocycles. The van der Waals surface area contributed by atoms with E-state index in [1.165, 1.54) is 6.42 Å². The van der Waals surface area contributed by atoms with Gasteiger partial charge in [0, 0.05) is 26.1 Å². The van der Waals surface area contributed by atoms with E-state index in [2.05, 4.69) is 12.2 Å². The molecule has 1 fully saturated rings. The summed E-state index contributed by atoms with van der Waals surface area (Å²) in [7, 11) is 0. The van der Waals surface area contributed by atoms with Crippen molar-refractivity contribution < 1.29 is 14.7 Å². The van der Waals surface area contributed by atoms with Crippen molar-refractivity contribution in [2.75, 3.05) is 19.6 Å². The van der Waals surface area contributed by atoms with Crippen molar-refractivity contribution >= 4 is 12.0 Å². The zero-order valence-electron chi connectivity index (χ0n) is 11.3. The van der Waals surface area contributed by atoms with Crippen molar-refractivity contribution in [1.29, 1.82) is 0 Å². The van der Waals surface area contributed by atoms with E-state index in [4.69, 9.17) is 5.11 Å². The molecule has 104 valence electrons. The monoisotopic (exact) mass is 256 g/mol. The maximum atomic E-state index is 11.9. The lowest BCUT2D eigenvalue weighted by Gasteiger charge is -2.22. The molecule has 0 aromatic carbocycles. The molecule has 0 bridgehead atoms. The van der Waals surface area contributed by atoms with Gasteiger partial charge in [-0.05, 0) is 31.1 Å². The number of hydrogen-bond acceptors (Lipinski definition) is 2. The minimum absolute atomic E-state index is 0.0302. The number of urea groups is 1. The van der Waals surface area contributed by atoms with Gasteiger partial charge < -0.3 is 15.3 Å². The molecule has 0 radical (unpaired) electrons. The van der Waals surface area contributed by atoms with Crippen LogP contribution in [0.15, 0.2) is 0 Å². The van der Waals surface area contributed by atoms with Gasteiger partial charge in [-0.1, -0.05) is 13.8 Å². The molecule has 0 aliphatic carbocycles. The maximum absolute atomic E-state index is 11.9. The van der Waals surface area contributed by atoms with Crippen LogP contribution in [-0.4, -0.2) is 41.6 Å². The molecule has 0 aromatic rings. The summed E-state index contributed by atoms with van der Waals surface area (Å²) in [6, 6.07) is -0.0543. The Bertz CT molecular complexity index is 294. The van der Waals surface area contributed by atoms with Crippen molar-refractivity contribution in [2.24, 2.45) is 11.8 Å². The Morgan fingerprint density at radius 2 is 2.11 bits per heavy atom. The average Bonchev–Trinajstić information content (AvgIpc) is 2.50. The Hall–Kier alpha value is -1.26. The number of nitrogens with one attached hydrogen (secondary N) is 1. The number of carbonyl (C=O) groups excluding carboxylic acids is 1. The Kier molecular flexibility index (Phi) is 5.95. The zero-order chi connectivity index (χ0) is 13.5. The predicted molar refractivity (Wildman–Crippen MR) is 69.4 cm³/mol. The molecule has 2 N–H and O–H groups in total. The predicted octanol–water partition coefficient (Wildman–Crippen LogP) is 1.93. The van der Waals surface area contributed by atoms with E-state index in [9.17, 15) is 9.59 Å². The lowest BCUT2D eigenvalue weighted by Crippen LogP contribution is -2.42. The molecule has 1 aliphatic rings. The molecule has 18 heavy (non-hydrogen) atoms. The van der Waals surface area contributed by atoms with Crippen LogP contribution in [-0.2, 0) is 4.79 Å². The van der Waals surface area contributed by atoms with Crippen LogP contribution in [0.4, 0.5) is 4.79 Å². The van der Waals surface area contributed by atoms with Gasteiger partial charge in [0.1, 0.15) is 0 Å². The number of nitrogens with zero attached hydrogens (tertiary/aromatic N) is 1. The van der Waals surface area contributed by atoms with E-state index in [1.54, 1.807) is 0 Å². The first-order valence-electron chi connectivity index (χ1n) is 6.73. The highest BCUT2D eigenvalue weighted by Crippen LogP contribution is 2.16. The van der Waals surface area contributed by atoms with Gasteiger partial charge in [0.25, 0.3) is 0 Å². The van der Waals surface area contributed by atoms with Gasteiger partial charge in [0.15, 0.2) is 0 Å². The van der Waals surface area contributed by atoms with Gasteiger partial charge >= 0.3 is 12.0 Å². The Balaban J connectivity index is 2.29. The molecular formula is C13H24N2O3. The van der Waals surface area contributed by atoms with E-state index in [-0.39, 0.29) is 18.4 Å². The van der Waals surface area contributed by atoms with Crippen molar-refractivity contribution in [2.45, 2.75) is 39.5 Å². The fraction of sp³-hybridized carbons (Fsp3) is 0.846. The van der Waals surface area contributed by atoms with Gasteiger partial charge in [-0.3, -0.25) is 4.79 Å². The van der Waals surface area contributed by atoms with Crippen LogP contribution in [0.25, 0.3) is 0 Å². The smallest absolute Gasteiger partial charge is 0.317 e. The number of carboxylic acid groups (broad SMARTS) is 1. The van der Waals surface area contributed by atoms with Crippen molar-refractivity contribution in [3.8, 4) is 0 Å². The normalized spacial score (nSPS) is 22.1. The number of amides is 2. The highest BCUT2D eigenvalue weighted by atomic mass is 16.4. The topological polar surface area (TPSA) is 69.6 Å². The van der Waals surface area contributed by atoms with Gasteiger partial charge in [0.05, 0.1) is 0 Å². The molecule has 1 heterocycles. The highest BCUT2D eigenvalue weighted by Gasteiger charge is 2.18. The molecule has 5 nitrogen and oxygen atoms in total. The maximum Gasteiger partial charge on any atom is 0.317 e. The fourth-order valence-corrected chi connectivity index (χ4v) is 2.21. The van der Waals surface area contributed by atoms with Crippen LogP contribution in [0.3, 0.4) is 0 Å². The molecule has 0 saturated carbocycles. The van der Waals surface area contributed by atoms with Crippen LogP contribution in [0, 0.1) is 11.8 Å². The Morgan fingerprint density at radius 1 is 1.39 bits per heavy atom. The van der Waals surface area contributed by atoms with E-state index in [0.717, 1.165) is 25.9 Å². The lowest BCUT2D eigenvalue weighted by molar-refractivity contribution is -0.137. The second-order valence-corrected chi connectivity index (χ2v) is 5.41. The minimum atomic E-state index is -0.819. The second kappa shape index (κ2) is 7.24. The van der Waals surface area contributed by atoms with Crippen LogP contribution < -0.4 is 5.32 Å². The van der Waals surface area contributed by atoms with Gasteiger partial charge in [-0.25, -0.2) is 4.79 Å². The number of rotatable bonds is 4. The first-order chi connectivity index (χ1) is 8.49. The number of carboxylic acids is 1. The third-order valence-corrected chi connectivity index (χ3v) is 3.43. The molecule has 2 unspecified atom stereocenters. The van der Waals surface area contributed by atoms with E-state index in [1.807, 2.05) is 11.8 Å². The zero-order valence-corrected chi connectivity index (χ0v) is 11.3. The molecule has 2 atom stereocenters. The Labute approximate surface area is 109 Å². The first-order valence-corrected chi connectivity index (χ1v) is 6.73. The molecule has 0 aromatic heterocycles. The summed E-state index contributed by atoms with van der Waals surface area (Å²) in [5, 5.41) is 11.5. The average molecular weight is 256 g/mol. The first kappa shape index (κ1) is 14.8. The van der Waals surface area contributed by atoms with Crippen LogP contribution in [0.1, 0.15) is 39.5 Å². The van der Waals surface area contributed by atoms with Crippen molar-refractivity contribution in [1.82, 2.24) is 10.2 Å². The van der Waals surface area contributed by atoms with E-state index >= 15 is 0 Å². The number of carbonyl (C=O) groups is 2. The minimum Gasteiger partial charge on any atom is -0.481 e. The summed E-state index contributed by atoms with van der Waals surface area (Å²) < 4.78 is 0. The highest BCUT2D eigenvalue weighted by molar-refractivity contribution is 5.74. The molecular weight excluding hydrogens is 232 g/mol. The summed E-state index contributed by atoms with van der Waals surface area (Å²) in [5.41, 5.74) is 0. The summed E-state index contributed by atoms with van der Waals surface area (Å²) in [4.78, 5) is 24.3. The standard InChI is InChI=1S/C13H24N2O3/c1-10-4-3-6-15(7-5-10)13(18)14-9-11(2)8-12(16)17/h10-11H,3-9H2,1-2H3,(H,14,18)(H,16,17). The molecule has 1 rings (SSSR count). The number of aliphatic carboxylic acids is 1. The summed E-state index contributed by atoms with van der Waals surface area (Å²) >= 11 is 0. The fourth-order valence-electron chi connectivity index (χ4n) is 2.21. The summed E-state index contributed by atoms with van der Waals surface area (Å²) in [5.74, 6) is -0.161. The molecule has 2 amide bonds. The largest absolute Gasteiger partial charge is 0.481 e. The van der Waals surface area contributed by atoms with E-state index in [0.29, 0.717) is 12.5 Å². The Morgan fingerprint density at radius 3 is 2.78 bits per heavy atom. The van der Waals surface area contributed by atoms with Gasteiger partial charge in [-0.2, -0.15) is 0 Å². The molecule has 0 spiro atoms. The van der Waals surface area contributed by atoms with Crippen LogP contribution >= 0.6 is 0 Å². The number of likely N-dealkylation sites (tertiary alicyclic amines) is 1. The van der Waals surface area contributed by atoms with Crippen LogP contribution in [0.2, 0.25) is 0 Å². The van der Waals surface area contributed by atoms with Gasteiger partial charge in [0.2, 0.25) is 0 Å². The molecule has 1 aliphatic heterocycles. The van der Waals surface area contributed by atoms with Crippen molar-refractivity contribution in [3.05, 3.63) is 0 Å². The van der Waals surface area contributed by atoms with E-state index < -0.39 is 5.97 Å². The lowest BCUT2D eigenvalue weighted by atomic mass is 10.0. The third-order valence-electron chi connectivity index (χ3n) is 3.43. The third kappa shape index (κ3) is 5.38. The quantitative estimate of drug-likeness (QED) is 0.807. The van der Waals surface area contributed by atoms with Crippen molar-refractivity contribution in [3.63, 3.8) is 0 Å². The number of hydrogen-bond donors (Lipinski definition) is 2. The van der Waals surface area contributed by atoms with Crippen LogP contribution in [0.5, 0.6) is 0 Å². The molecule has 5 heteroatoms.